The molecule has 0 aliphatic rings. The van der Waals surface area contributed by atoms with Crippen molar-refractivity contribution in [3.05, 3.63) is 35.6 Å². The molecule has 0 aliphatic carbocycles. The number of ether oxygens (including phenoxy) is 1. The maximum absolute atomic E-state index is 13.0. The minimum atomic E-state index is -0.216. The summed E-state index contributed by atoms with van der Waals surface area (Å²) < 4.78 is 17.9. The Bertz CT molecular complexity index is 413. The highest BCUT2D eigenvalue weighted by atomic mass is 19.1. The number of hydrogen-bond acceptors (Lipinski definition) is 3. The average Bonchev–Trinajstić information content (AvgIpc) is 2.39. The van der Waals surface area contributed by atoms with Crippen LogP contribution in [0.15, 0.2) is 24.3 Å². The largest absolute Gasteiger partial charge is 0.383 e. The van der Waals surface area contributed by atoms with Gasteiger partial charge in [-0.15, -0.1) is 0 Å². The van der Waals surface area contributed by atoms with Crippen LogP contribution >= 0.6 is 0 Å². The Morgan fingerprint density at radius 2 is 2.20 bits per heavy atom. The molecular weight excluding hydrogens is 259 g/mol. The minimum Gasteiger partial charge on any atom is -0.383 e. The van der Waals surface area contributed by atoms with Crippen LogP contribution in [0.4, 0.5) is 4.39 Å². The van der Waals surface area contributed by atoms with Crippen molar-refractivity contribution in [2.45, 2.75) is 25.8 Å². The van der Waals surface area contributed by atoms with Gasteiger partial charge in [-0.3, -0.25) is 4.79 Å². The van der Waals surface area contributed by atoms with Gasteiger partial charge < -0.3 is 15.4 Å². The zero-order chi connectivity index (χ0) is 14.8. The molecule has 0 aromatic heterocycles. The molecule has 0 saturated carbocycles. The van der Waals surface area contributed by atoms with Crippen molar-refractivity contribution in [3.8, 4) is 0 Å². The van der Waals surface area contributed by atoms with Gasteiger partial charge in [-0.2, -0.15) is 0 Å². The van der Waals surface area contributed by atoms with Gasteiger partial charge in [0.2, 0.25) is 5.91 Å². The van der Waals surface area contributed by atoms with Gasteiger partial charge in [0.05, 0.1) is 6.61 Å². The Morgan fingerprint density at radius 1 is 1.40 bits per heavy atom. The lowest BCUT2D eigenvalue weighted by Gasteiger charge is -2.14. The van der Waals surface area contributed by atoms with Gasteiger partial charge in [-0.1, -0.05) is 12.1 Å². The molecule has 4 nitrogen and oxygen atoms in total. The molecule has 0 aliphatic heterocycles. The highest BCUT2D eigenvalue weighted by Gasteiger charge is 2.05. The molecule has 0 spiro atoms. The first-order valence-electron chi connectivity index (χ1n) is 6.85. The Labute approximate surface area is 119 Å². The summed E-state index contributed by atoms with van der Waals surface area (Å²) in [4.78, 5) is 11.4. The standard InChI is InChI=1S/C15H23FN2O2/c1-12(10-13-4-3-5-14(16)11-13)17-7-6-15(19)18-8-9-20-2/h3-5,11-12,17H,6-10H2,1-2H3,(H,18,19). The second-order valence-electron chi connectivity index (χ2n) is 4.78. The number of hydrogen-bond donors (Lipinski definition) is 2. The van der Waals surface area contributed by atoms with E-state index in [0.717, 1.165) is 12.0 Å². The predicted octanol–water partition coefficient (Wildman–Crippen LogP) is 1.50. The van der Waals surface area contributed by atoms with Crippen molar-refractivity contribution in [1.29, 1.82) is 0 Å². The Hall–Kier alpha value is -1.46. The Balaban J connectivity index is 2.17. The average molecular weight is 282 g/mol. The normalized spacial score (nSPS) is 12.2. The molecule has 1 aromatic rings. The molecule has 20 heavy (non-hydrogen) atoms. The van der Waals surface area contributed by atoms with E-state index in [1.54, 1.807) is 13.2 Å². The van der Waals surface area contributed by atoms with Gasteiger partial charge in [0.1, 0.15) is 5.82 Å². The van der Waals surface area contributed by atoms with Crippen LogP contribution in [0.25, 0.3) is 0 Å². The summed E-state index contributed by atoms with van der Waals surface area (Å²) in [5, 5.41) is 6.02. The lowest BCUT2D eigenvalue weighted by molar-refractivity contribution is -0.121. The number of benzene rings is 1. The number of nitrogens with one attached hydrogen (secondary N) is 2. The lowest BCUT2D eigenvalue weighted by atomic mass is 10.1. The zero-order valence-corrected chi connectivity index (χ0v) is 12.1. The van der Waals surface area contributed by atoms with E-state index in [2.05, 4.69) is 10.6 Å². The van der Waals surface area contributed by atoms with E-state index in [-0.39, 0.29) is 17.8 Å². The third kappa shape index (κ3) is 7.21. The van der Waals surface area contributed by atoms with Gasteiger partial charge in [0, 0.05) is 32.7 Å². The number of carbonyl (C=O) groups is 1. The highest BCUT2D eigenvalue weighted by molar-refractivity contribution is 5.76. The molecule has 0 heterocycles. The van der Waals surface area contributed by atoms with Gasteiger partial charge in [-0.05, 0) is 31.0 Å². The zero-order valence-electron chi connectivity index (χ0n) is 12.1. The van der Waals surface area contributed by atoms with Crippen LogP contribution in [0.1, 0.15) is 18.9 Å². The third-order valence-corrected chi connectivity index (χ3v) is 2.90. The fraction of sp³-hybridized carbons (Fsp3) is 0.533. The molecule has 0 bridgehead atoms. The highest BCUT2D eigenvalue weighted by Crippen LogP contribution is 2.06. The first-order chi connectivity index (χ1) is 9.61. The quantitative estimate of drug-likeness (QED) is 0.675. The van der Waals surface area contributed by atoms with E-state index in [1.165, 1.54) is 12.1 Å². The maximum Gasteiger partial charge on any atom is 0.221 e. The van der Waals surface area contributed by atoms with Gasteiger partial charge in [0.15, 0.2) is 0 Å². The van der Waals surface area contributed by atoms with Crippen molar-refractivity contribution in [1.82, 2.24) is 10.6 Å². The molecule has 5 heteroatoms. The molecule has 1 amide bonds. The molecule has 1 atom stereocenters. The smallest absolute Gasteiger partial charge is 0.221 e. The molecule has 0 fully saturated rings. The molecule has 1 rings (SSSR count). The van der Waals surface area contributed by atoms with E-state index >= 15 is 0 Å². The summed E-state index contributed by atoms with van der Waals surface area (Å²) >= 11 is 0. The molecule has 1 unspecified atom stereocenters. The molecule has 0 radical (unpaired) electrons. The van der Waals surface area contributed by atoms with Crippen LogP contribution in [0.5, 0.6) is 0 Å². The van der Waals surface area contributed by atoms with Gasteiger partial charge in [-0.25, -0.2) is 4.39 Å². The molecule has 2 N–H and O–H groups in total. The topological polar surface area (TPSA) is 50.4 Å². The van der Waals surface area contributed by atoms with Crippen LogP contribution < -0.4 is 10.6 Å². The molecular formula is C15H23FN2O2. The second-order valence-corrected chi connectivity index (χ2v) is 4.78. The fourth-order valence-electron chi connectivity index (χ4n) is 1.90. The van der Waals surface area contributed by atoms with E-state index in [0.29, 0.717) is 26.1 Å². The number of methoxy groups -OCH3 is 1. The van der Waals surface area contributed by atoms with Crippen molar-refractivity contribution in [2.24, 2.45) is 0 Å². The van der Waals surface area contributed by atoms with E-state index in [1.807, 2.05) is 13.0 Å². The van der Waals surface area contributed by atoms with Crippen LogP contribution in [-0.4, -0.2) is 38.8 Å². The van der Waals surface area contributed by atoms with Crippen molar-refractivity contribution in [2.75, 3.05) is 26.8 Å². The van der Waals surface area contributed by atoms with E-state index < -0.39 is 0 Å². The fourth-order valence-corrected chi connectivity index (χ4v) is 1.90. The summed E-state index contributed by atoms with van der Waals surface area (Å²) in [7, 11) is 1.60. The summed E-state index contributed by atoms with van der Waals surface area (Å²) in [6, 6.07) is 6.78. The van der Waals surface area contributed by atoms with Crippen molar-refractivity contribution in [3.63, 3.8) is 0 Å². The number of halogens is 1. The molecule has 0 saturated heterocycles. The van der Waals surface area contributed by atoms with Crippen LogP contribution in [0, 0.1) is 5.82 Å². The van der Waals surface area contributed by atoms with Crippen LogP contribution in [0.2, 0.25) is 0 Å². The summed E-state index contributed by atoms with van der Waals surface area (Å²) in [6.07, 6.45) is 1.17. The minimum absolute atomic E-state index is 0.00695. The van der Waals surface area contributed by atoms with Crippen molar-refractivity contribution < 1.29 is 13.9 Å². The maximum atomic E-state index is 13.0. The first kappa shape index (κ1) is 16.6. The van der Waals surface area contributed by atoms with Gasteiger partial charge in [0.25, 0.3) is 0 Å². The van der Waals surface area contributed by atoms with Crippen molar-refractivity contribution >= 4 is 5.91 Å². The number of carbonyl (C=O) groups excluding carboxylic acids is 1. The monoisotopic (exact) mass is 282 g/mol. The first-order valence-corrected chi connectivity index (χ1v) is 6.85. The predicted molar refractivity (Wildman–Crippen MR) is 77.1 cm³/mol. The third-order valence-electron chi connectivity index (χ3n) is 2.90. The number of rotatable bonds is 9. The van der Waals surface area contributed by atoms with Gasteiger partial charge >= 0.3 is 0 Å². The summed E-state index contributed by atoms with van der Waals surface area (Å²) in [6.45, 7) is 3.69. The Kier molecular flexibility index (Phi) is 7.84. The van der Waals surface area contributed by atoms with E-state index in [4.69, 9.17) is 4.74 Å². The summed E-state index contributed by atoms with van der Waals surface area (Å²) in [5.41, 5.74) is 0.953. The van der Waals surface area contributed by atoms with E-state index in [9.17, 15) is 9.18 Å². The lowest BCUT2D eigenvalue weighted by Crippen LogP contribution is -2.34. The summed E-state index contributed by atoms with van der Waals surface area (Å²) in [5.74, 6) is -0.209. The van der Waals surface area contributed by atoms with Crippen LogP contribution in [-0.2, 0) is 16.0 Å². The number of amides is 1. The second kappa shape index (κ2) is 9.44. The molecule has 1 aromatic carbocycles. The van der Waals surface area contributed by atoms with Crippen LogP contribution in [0.3, 0.4) is 0 Å². The SMILES string of the molecule is COCCNC(=O)CCNC(C)Cc1cccc(F)c1. The molecule has 112 valence electrons. The Morgan fingerprint density at radius 3 is 2.90 bits per heavy atom.